The Morgan fingerprint density at radius 2 is 2.00 bits per heavy atom. The van der Waals surface area contributed by atoms with Gasteiger partial charge in [-0.1, -0.05) is 17.7 Å². The van der Waals surface area contributed by atoms with Gasteiger partial charge in [0.15, 0.2) is 0 Å². The zero-order valence-corrected chi connectivity index (χ0v) is 13.9. The largest absolute Gasteiger partial charge is 0.362 e. The minimum Gasteiger partial charge on any atom is -0.362 e. The molecule has 0 fully saturated rings. The summed E-state index contributed by atoms with van der Waals surface area (Å²) in [5.41, 5.74) is 10.6. The molecule has 0 saturated carbocycles. The van der Waals surface area contributed by atoms with Crippen LogP contribution in [0, 0.1) is 13.8 Å². The third kappa shape index (κ3) is 2.85. The van der Waals surface area contributed by atoms with Crippen molar-refractivity contribution in [3.8, 4) is 0 Å². The number of nitrogens with zero attached hydrogens (tertiary/aromatic N) is 1. The summed E-state index contributed by atoms with van der Waals surface area (Å²) < 4.78 is 0. The van der Waals surface area contributed by atoms with Crippen LogP contribution in [0.15, 0.2) is 30.3 Å². The van der Waals surface area contributed by atoms with Crippen molar-refractivity contribution < 1.29 is 0 Å². The van der Waals surface area contributed by atoms with Crippen LogP contribution in [-0.4, -0.2) is 12.6 Å². The van der Waals surface area contributed by atoms with Crippen LogP contribution in [0.1, 0.15) is 40.3 Å². The van der Waals surface area contributed by atoms with Gasteiger partial charge in [0.05, 0.1) is 6.04 Å². The van der Waals surface area contributed by atoms with Crippen molar-refractivity contribution in [1.29, 1.82) is 0 Å². The summed E-state index contributed by atoms with van der Waals surface area (Å²) in [6.07, 6.45) is 2.40. The van der Waals surface area contributed by atoms with E-state index in [4.69, 9.17) is 5.73 Å². The number of anilines is 1. The summed E-state index contributed by atoms with van der Waals surface area (Å²) in [6.45, 7) is 7.56. The lowest BCUT2D eigenvalue weighted by Crippen LogP contribution is -2.41. The zero-order chi connectivity index (χ0) is 15.0. The van der Waals surface area contributed by atoms with Crippen molar-refractivity contribution in [2.75, 3.05) is 11.4 Å². The fourth-order valence-corrected chi connectivity index (χ4v) is 4.46. The highest BCUT2D eigenvalue weighted by molar-refractivity contribution is 7.12. The predicted molar refractivity (Wildman–Crippen MR) is 92.3 cm³/mol. The summed E-state index contributed by atoms with van der Waals surface area (Å²) >= 11 is 1.87. The van der Waals surface area contributed by atoms with Gasteiger partial charge in [-0.15, -0.1) is 11.3 Å². The Balaban J connectivity index is 2.02. The second kappa shape index (κ2) is 5.82. The number of benzene rings is 1. The molecule has 0 saturated heterocycles. The zero-order valence-electron chi connectivity index (χ0n) is 13.1. The molecular formula is C18H24N2S. The fraction of sp³-hybridized carbons (Fsp3) is 0.444. The minimum absolute atomic E-state index is 0.121. The Kier molecular flexibility index (Phi) is 4.05. The normalized spacial score (nSPS) is 17.4. The van der Waals surface area contributed by atoms with E-state index in [1.807, 2.05) is 11.3 Å². The number of rotatable bonds is 3. The lowest BCUT2D eigenvalue weighted by atomic mass is 9.96. The number of hydrogen-bond donors (Lipinski definition) is 1. The van der Waals surface area contributed by atoms with Crippen molar-refractivity contribution in [2.24, 2.45) is 5.73 Å². The number of thiophene rings is 1. The van der Waals surface area contributed by atoms with Gasteiger partial charge >= 0.3 is 0 Å². The molecule has 1 aromatic heterocycles. The van der Waals surface area contributed by atoms with Crippen molar-refractivity contribution in [1.82, 2.24) is 0 Å². The second-order valence-electron chi connectivity index (χ2n) is 6.18. The highest BCUT2D eigenvalue weighted by atomic mass is 32.1. The van der Waals surface area contributed by atoms with Crippen LogP contribution in [0.25, 0.3) is 0 Å². The van der Waals surface area contributed by atoms with E-state index in [-0.39, 0.29) is 12.1 Å². The lowest BCUT2D eigenvalue weighted by Gasteiger charge is -2.39. The molecule has 0 radical (unpaired) electrons. The van der Waals surface area contributed by atoms with Crippen molar-refractivity contribution in [2.45, 2.75) is 45.7 Å². The summed E-state index contributed by atoms with van der Waals surface area (Å²) in [5, 5.41) is 0. The van der Waals surface area contributed by atoms with Gasteiger partial charge in [0, 0.05) is 28.0 Å². The second-order valence-corrected chi connectivity index (χ2v) is 7.50. The van der Waals surface area contributed by atoms with Crippen LogP contribution in [0.5, 0.6) is 0 Å². The smallest absolute Gasteiger partial charge is 0.0783 e. The van der Waals surface area contributed by atoms with E-state index in [0.29, 0.717) is 0 Å². The van der Waals surface area contributed by atoms with Gasteiger partial charge in [0.1, 0.15) is 0 Å². The van der Waals surface area contributed by atoms with Crippen LogP contribution < -0.4 is 10.6 Å². The van der Waals surface area contributed by atoms with Gasteiger partial charge < -0.3 is 10.6 Å². The monoisotopic (exact) mass is 300 g/mol. The molecule has 2 aromatic rings. The molecule has 0 amide bonds. The Bertz CT molecular complexity index is 630. The van der Waals surface area contributed by atoms with Gasteiger partial charge in [-0.05, 0) is 57.4 Å². The molecule has 2 N–H and O–H groups in total. The third-order valence-electron chi connectivity index (χ3n) is 4.28. The molecule has 2 nitrogen and oxygen atoms in total. The molecular weight excluding hydrogens is 276 g/mol. The topological polar surface area (TPSA) is 29.3 Å². The quantitative estimate of drug-likeness (QED) is 0.920. The standard InChI is InChI=1S/C18H24N2S/c1-12-6-8-16-15(11-12)5-4-10-20(16)18(14(3)19)17-9-7-13(2)21-17/h6-9,11,14,18H,4-5,10,19H2,1-3H3. The fourth-order valence-electron chi connectivity index (χ4n) is 3.35. The third-order valence-corrected chi connectivity index (χ3v) is 5.35. The Hall–Kier alpha value is -1.32. The number of aryl methyl sites for hydroxylation is 3. The molecule has 1 aromatic carbocycles. The number of nitrogens with two attached hydrogens (primary N) is 1. The average molecular weight is 300 g/mol. The molecule has 2 unspecified atom stereocenters. The molecule has 2 atom stereocenters. The summed E-state index contributed by atoms with van der Waals surface area (Å²) in [4.78, 5) is 5.27. The molecule has 1 aliphatic rings. The maximum absolute atomic E-state index is 6.36. The SMILES string of the molecule is Cc1ccc2c(c1)CCCN2C(c1ccc(C)s1)C(C)N. The first kappa shape index (κ1) is 14.6. The average Bonchev–Trinajstić information content (AvgIpc) is 2.84. The van der Waals surface area contributed by atoms with Crippen LogP contribution in [0.3, 0.4) is 0 Å². The maximum atomic E-state index is 6.36. The lowest BCUT2D eigenvalue weighted by molar-refractivity contribution is 0.516. The minimum atomic E-state index is 0.121. The Morgan fingerprint density at radius 3 is 2.67 bits per heavy atom. The highest BCUT2D eigenvalue weighted by Crippen LogP contribution is 2.38. The van der Waals surface area contributed by atoms with Gasteiger partial charge in [-0.3, -0.25) is 0 Å². The Morgan fingerprint density at radius 1 is 1.19 bits per heavy atom. The first-order chi connectivity index (χ1) is 10.1. The number of hydrogen-bond acceptors (Lipinski definition) is 3. The van der Waals surface area contributed by atoms with Gasteiger partial charge in [-0.2, -0.15) is 0 Å². The van der Waals surface area contributed by atoms with Crippen molar-refractivity contribution >= 4 is 17.0 Å². The molecule has 112 valence electrons. The molecule has 0 spiro atoms. The maximum Gasteiger partial charge on any atom is 0.0783 e. The molecule has 21 heavy (non-hydrogen) atoms. The van der Waals surface area contributed by atoms with E-state index in [1.165, 1.54) is 39.4 Å². The molecule has 1 aliphatic heterocycles. The van der Waals surface area contributed by atoms with Crippen LogP contribution in [-0.2, 0) is 6.42 Å². The molecule has 3 heteroatoms. The highest BCUT2D eigenvalue weighted by Gasteiger charge is 2.29. The van der Waals surface area contributed by atoms with Crippen LogP contribution in [0.4, 0.5) is 5.69 Å². The van der Waals surface area contributed by atoms with E-state index < -0.39 is 0 Å². The van der Waals surface area contributed by atoms with E-state index in [2.05, 4.69) is 56.0 Å². The van der Waals surface area contributed by atoms with Gasteiger partial charge in [0.25, 0.3) is 0 Å². The summed E-state index contributed by atoms with van der Waals surface area (Å²) in [6, 6.07) is 11.7. The molecule has 3 rings (SSSR count). The van der Waals surface area contributed by atoms with Crippen molar-refractivity contribution in [3.63, 3.8) is 0 Å². The van der Waals surface area contributed by atoms with E-state index in [1.54, 1.807) is 0 Å². The van der Waals surface area contributed by atoms with E-state index in [0.717, 1.165) is 6.54 Å². The predicted octanol–water partition coefficient (Wildman–Crippen LogP) is 4.21. The van der Waals surface area contributed by atoms with Crippen LogP contribution in [0.2, 0.25) is 0 Å². The molecule has 2 heterocycles. The van der Waals surface area contributed by atoms with Gasteiger partial charge in [-0.25, -0.2) is 0 Å². The van der Waals surface area contributed by atoms with Crippen LogP contribution >= 0.6 is 11.3 Å². The first-order valence-corrected chi connectivity index (χ1v) is 8.56. The van der Waals surface area contributed by atoms with E-state index >= 15 is 0 Å². The summed E-state index contributed by atoms with van der Waals surface area (Å²) in [5.74, 6) is 0. The molecule has 0 aliphatic carbocycles. The number of fused-ring (bicyclic) bond motifs is 1. The van der Waals surface area contributed by atoms with E-state index in [9.17, 15) is 0 Å². The molecule has 0 bridgehead atoms. The van der Waals surface area contributed by atoms with Crippen molar-refractivity contribution in [3.05, 3.63) is 51.2 Å². The first-order valence-electron chi connectivity index (χ1n) is 7.74. The van der Waals surface area contributed by atoms with Gasteiger partial charge in [0.2, 0.25) is 0 Å². The summed E-state index contributed by atoms with van der Waals surface area (Å²) in [7, 11) is 0. The Labute approximate surface area is 131 Å².